The summed E-state index contributed by atoms with van der Waals surface area (Å²) in [6.07, 6.45) is 6.69. The molecule has 0 saturated heterocycles. The van der Waals surface area contributed by atoms with Crippen molar-refractivity contribution in [3.63, 3.8) is 0 Å². The van der Waals surface area contributed by atoms with Gasteiger partial charge in [0.05, 0.1) is 0 Å². The second kappa shape index (κ2) is 15.9. The molecule has 0 heterocycles. The average molecular weight is 634 g/mol. The van der Waals surface area contributed by atoms with Crippen LogP contribution in [0.25, 0.3) is 0 Å². The van der Waals surface area contributed by atoms with Crippen LogP contribution in [0.3, 0.4) is 0 Å². The number of esters is 3. The zero-order valence-electron chi connectivity index (χ0n) is 25.9. The molecule has 7 heteroatoms. The number of ether oxygens (including phenoxy) is 3. The van der Waals surface area contributed by atoms with Crippen LogP contribution in [0.15, 0.2) is 41.4 Å². The van der Waals surface area contributed by atoms with E-state index in [1.165, 1.54) is 7.11 Å². The minimum atomic E-state index is -1.42. The van der Waals surface area contributed by atoms with Crippen LogP contribution < -0.4 is 4.46 Å². The van der Waals surface area contributed by atoms with Crippen LogP contribution in [0.5, 0.6) is 0 Å². The first-order valence-electron chi connectivity index (χ1n) is 15.4. The summed E-state index contributed by atoms with van der Waals surface area (Å²) in [5.41, 5.74) is 0. The Morgan fingerprint density at radius 3 is 1.71 bits per heavy atom. The van der Waals surface area contributed by atoms with Gasteiger partial charge in [-0.2, -0.15) is 0 Å². The van der Waals surface area contributed by atoms with E-state index in [4.69, 9.17) is 14.2 Å². The molecule has 2 fully saturated rings. The molecule has 1 aromatic carbocycles. The molecule has 0 N–H and O–H groups in total. The molecule has 41 heavy (non-hydrogen) atoms. The van der Waals surface area contributed by atoms with Crippen LogP contribution >= 0.6 is 0 Å². The molecule has 1 aromatic rings. The maximum absolute atomic E-state index is 14.0. The Kier molecular flexibility index (Phi) is 13.0. The van der Waals surface area contributed by atoms with E-state index in [0.29, 0.717) is 23.7 Å². The molecule has 2 aliphatic carbocycles. The zero-order chi connectivity index (χ0) is 30.1. The molecule has 1 unspecified atom stereocenters. The molecule has 3 rings (SSSR count). The molecule has 228 valence electrons. The van der Waals surface area contributed by atoms with Gasteiger partial charge in [0, 0.05) is 0 Å². The minimum absolute atomic E-state index is 0.0883. The molecule has 0 aliphatic heterocycles. The fourth-order valence-electron chi connectivity index (χ4n) is 6.50. The van der Waals surface area contributed by atoms with Crippen molar-refractivity contribution in [3.05, 3.63) is 41.4 Å². The van der Waals surface area contributed by atoms with Gasteiger partial charge in [0.15, 0.2) is 0 Å². The monoisotopic (exact) mass is 634 g/mol. The van der Waals surface area contributed by atoms with Gasteiger partial charge < -0.3 is 0 Å². The average Bonchev–Trinajstić information content (AvgIpc) is 2.92. The number of methoxy groups -OCH3 is 1. The van der Waals surface area contributed by atoms with Crippen LogP contribution in [0.4, 0.5) is 0 Å². The second-order valence-corrected chi connectivity index (χ2v) is 14.9. The van der Waals surface area contributed by atoms with E-state index >= 15 is 0 Å². The normalized spacial score (nSPS) is 27.7. The quantitative estimate of drug-likeness (QED) is 0.130. The van der Waals surface area contributed by atoms with Crippen molar-refractivity contribution in [2.24, 2.45) is 47.3 Å². The number of rotatable bonds is 11. The van der Waals surface area contributed by atoms with Crippen LogP contribution in [0.2, 0.25) is 0 Å². The summed E-state index contributed by atoms with van der Waals surface area (Å²) < 4.78 is 18.6. The van der Waals surface area contributed by atoms with Crippen molar-refractivity contribution < 1.29 is 28.6 Å². The first-order valence-corrected chi connectivity index (χ1v) is 17.2. The van der Waals surface area contributed by atoms with Crippen molar-refractivity contribution in [3.8, 4) is 0 Å². The van der Waals surface area contributed by atoms with E-state index in [0.717, 1.165) is 43.0 Å². The van der Waals surface area contributed by atoms with Gasteiger partial charge in [-0.25, -0.2) is 0 Å². The van der Waals surface area contributed by atoms with Gasteiger partial charge in [-0.15, -0.1) is 0 Å². The molecule has 0 aromatic heterocycles. The first-order chi connectivity index (χ1) is 19.5. The topological polar surface area (TPSA) is 78.9 Å². The van der Waals surface area contributed by atoms with Crippen LogP contribution in [-0.2, 0) is 28.6 Å². The molecule has 2 aliphatic rings. The third kappa shape index (κ3) is 9.44. The summed E-state index contributed by atoms with van der Waals surface area (Å²) >= 11 is -0.0883. The van der Waals surface area contributed by atoms with E-state index in [1.807, 2.05) is 35.3 Å². The Morgan fingerprint density at radius 1 is 0.780 bits per heavy atom. The van der Waals surface area contributed by atoms with Crippen molar-refractivity contribution in [2.45, 2.75) is 92.3 Å². The summed E-state index contributed by atoms with van der Waals surface area (Å²) in [6.45, 7) is 12.9. The van der Waals surface area contributed by atoms with Crippen LogP contribution in [-0.4, -0.2) is 52.2 Å². The Balaban J connectivity index is 1.92. The molecular formula is C34H50O6Se. The summed E-state index contributed by atoms with van der Waals surface area (Å²) in [6, 6.07) is 9.92. The van der Waals surface area contributed by atoms with E-state index in [2.05, 4.69) is 41.5 Å². The third-order valence-corrected chi connectivity index (χ3v) is 10.8. The van der Waals surface area contributed by atoms with Gasteiger partial charge in [0.1, 0.15) is 0 Å². The molecular weight excluding hydrogens is 583 g/mol. The van der Waals surface area contributed by atoms with Crippen molar-refractivity contribution in [2.75, 3.05) is 7.11 Å². The van der Waals surface area contributed by atoms with Gasteiger partial charge in [0.25, 0.3) is 0 Å². The van der Waals surface area contributed by atoms with Crippen molar-refractivity contribution >= 4 is 37.3 Å². The Morgan fingerprint density at radius 2 is 1.27 bits per heavy atom. The molecule has 6 nitrogen and oxygen atoms in total. The molecule has 0 bridgehead atoms. The number of hydrogen-bond donors (Lipinski definition) is 0. The molecule has 0 radical (unpaired) electrons. The summed E-state index contributed by atoms with van der Waals surface area (Å²) in [4.78, 5) is 43.0. The van der Waals surface area contributed by atoms with Crippen LogP contribution in [0, 0.1) is 47.3 Å². The van der Waals surface area contributed by atoms with E-state index in [-0.39, 0.29) is 39.0 Å². The molecule has 7 atom stereocenters. The Labute approximate surface area is 253 Å². The second-order valence-electron chi connectivity index (χ2n) is 12.9. The Bertz CT molecular complexity index is 975. The van der Waals surface area contributed by atoms with Crippen molar-refractivity contribution in [1.29, 1.82) is 0 Å². The number of benzene rings is 1. The molecule has 0 amide bonds. The fourth-order valence-corrected chi connectivity index (χ4v) is 8.01. The standard InChI is InChI=1S/C34H50O6Se/c1-21(2)26-15-13-23(5)19-29(26)39-33(36)31(34(37)40-30-20-24(6)14-16-27(30)22(3)4)28(32(35)38-7)17-18-41-25-11-9-8-10-12-25/h8-12,17-18,21-24,26-31H,13-16,19-20H2,1-7H3/b18-17+/t23-,24-,26+,27+,28?,29-,30-/m1/s1. The maximum atomic E-state index is 14.0. The first kappa shape index (κ1) is 33.4. The SMILES string of the molecule is COC(=O)C(/C=C/[Se]c1ccccc1)C(C(=O)O[C@@H]1C[C@H](C)CC[C@H]1C(C)C)C(=O)O[C@@H]1C[C@H](C)CC[C@H]1C(C)C. The van der Waals surface area contributed by atoms with Gasteiger partial charge in [-0.1, -0.05) is 0 Å². The van der Waals surface area contributed by atoms with E-state index in [9.17, 15) is 14.4 Å². The van der Waals surface area contributed by atoms with Crippen LogP contribution in [0.1, 0.15) is 80.1 Å². The van der Waals surface area contributed by atoms with Gasteiger partial charge in [0.2, 0.25) is 0 Å². The fraction of sp³-hybridized carbons (Fsp3) is 0.676. The van der Waals surface area contributed by atoms with E-state index in [1.54, 1.807) is 6.08 Å². The summed E-state index contributed by atoms with van der Waals surface area (Å²) in [5.74, 6) is -2.59. The Hall–Kier alpha value is -2.11. The zero-order valence-corrected chi connectivity index (χ0v) is 27.6. The summed E-state index contributed by atoms with van der Waals surface area (Å²) in [5, 5.41) is 0. The summed E-state index contributed by atoms with van der Waals surface area (Å²) in [7, 11) is 1.29. The molecule has 2 saturated carbocycles. The van der Waals surface area contributed by atoms with Crippen molar-refractivity contribution in [1.82, 2.24) is 0 Å². The van der Waals surface area contributed by atoms with Gasteiger partial charge in [-0.05, 0) is 0 Å². The van der Waals surface area contributed by atoms with E-state index < -0.39 is 29.7 Å². The number of carbonyl (C=O) groups is 3. The van der Waals surface area contributed by atoms with Gasteiger partial charge in [-0.3, -0.25) is 0 Å². The predicted octanol–water partition coefficient (Wildman–Crippen LogP) is 5.94. The molecule has 0 spiro atoms. The number of carbonyl (C=O) groups excluding carboxylic acids is 3. The van der Waals surface area contributed by atoms with Gasteiger partial charge >= 0.3 is 254 Å². The number of hydrogen-bond acceptors (Lipinski definition) is 6. The predicted molar refractivity (Wildman–Crippen MR) is 162 cm³/mol. The third-order valence-electron chi connectivity index (χ3n) is 9.03.